The number of carbonyl (C=O) groups is 1. The van der Waals surface area contributed by atoms with Gasteiger partial charge in [-0.1, -0.05) is 46.9 Å². The highest BCUT2D eigenvalue weighted by Crippen LogP contribution is 2.25. The van der Waals surface area contributed by atoms with Gasteiger partial charge in [-0.3, -0.25) is 4.79 Å². The van der Waals surface area contributed by atoms with E-state index in [2.05, 4.69) is 20.7 Å². The second-order valence-corrected chi connectivity index (χ2v) is 6.02. The van der Waals surface area contributed by atoms with Crippen molar-refractivity contribution in [3.05, 3.63) is 57.5 Å². The van der Waals surface area contributed by atoms with Crippen molar-refractivity contribution in [1.29, 1.82) is 0 Å². The lowest BCUT2D eigenvalue weighted by molar-refractivity contribution is -0.117. The number of anilines is 1. The predicted octanol–water partition coefficient (Wildman–Crippen LogP) is 3.94. The van der Waals surface area contributed by atoms with Gasteiger partial charge in [-0.2, -0.15) is 4.80 Å². The molecule has 9 heteroatoms. The van der Waals surface area contributed by atoms with Crippen molar-refractivity contribution in [3.63, 3.8) is 0 Å². The summed E-state index contributed by atoms with van der Waals surface area (Å²) in [6.07, 6.45) is 0. The Morgan fingerprint density at radius 2 is 1.83 bits per heavy atom. The van der Waals surface area contributed by atoms with E-state index in [0.717, 1.165) is 0 Å². The van der Waals surface area contributed by atoms with Crippen LogP contribution in [-0.2, 0) is 11.3 Å². The Kier molecular flexibility index (Phi) is 4.99. The number of hydrogen-bond acceptors (Lipinski definition) is 4. The third-order valence-electron chi connectivity index (χ3n) is 3.06. The van der Waals surface area contributed by atoms with Crippen LogP contribution in [-0.4, -0.2) is 26.1 Å². The molecule has 1 N–H and O–H groups in total. The Hall–Kier alpha value is -2.15. The molecule has 0 radical (unpaired) electrons. The Morgan fingerprint density at radius 1 is 1.04 bits per heavy atom. The van der Waals surface area contributed by atoms with E-state index in [-0.39, 0.29) is 12.5 Å². The molecule has 0 aliphatic rings. The Balaban J connectivity index is 1.69. The fourth-order valence-corrected chi connectivity index (χ4v) is 2.48. The van der Waals surface area contributed by atoms with Crippen molar-refractivity contribution < 1.29 is 4.79 Å². The second kappa shape index (κ2) is 7.17. The number of rotatable bonds is 4. The lowest BCUT2D eigenvalue weighted by atomic mass is 10.2. The molecule has 0 aliphatic carbocycles. The summed E-state index contributed by atoms with van der Waals surface area (Å²) in [5.74, 6) is 0.0273. The molecule has 0 spiro atoms. The molecule has 3 aromatic rings. The number of nitrogens with zero attached hydrogens (tertiary/aromatic N) is 4. The van der Waals surface area contributed by atoms with Crippen molar-refractivity contribution in [3.8, 4) is 11.4 Å². The maximum Gasteiger partial charge on any atom is 0.248 e. The molecule has 0 saturated carbocycles. The molecule has 2 aromatic carbocycles. The fourth-order valence-electron chi connectivity index (χ4n) is 1.96. The van der Waals surface area contributed by atoms with E-state index in [1.165, 1.54) is 4.80 Å². The van der Waals surface area contributed by atoms with Crippen molar-refractivity contribution in [2.75, 3.05) is 5.32 Å². The first-order chi connectivity index (χ1) is 11.5. The summed E-state index contributed by atoms with van der Waals surface area (Å²) in [6.45, 7) is -0.0995. The summed E-state index contributed by atoms with van der Waals surface area (Å²) in [6, 6.07) is 11.9. The minimum Gasteiger partial charge on any atom is -0.324 e. The van der Waals surface area contributed by atoms with Gasteiger partial charge in [0.15, 0.2) is 0 Å². The normalized spacial score (nSPS) is 10.6. The van der Waals surface area contributed by atoms with Crippen molar-refractivity contribution >= 4 is 46.4 Å². The lowest BCUT2D eigenvalue weighted by Crippen LogP contribution is -2.20. The van der Waals surface area contributed by atoms with E-state index < -0.39 is 0 Å². The minimum atomic E-state index is -0.323. The summed E-state index contributed by atoms with van der Waals surface area (Å²) in [7, 11) is 0. The summed E-state index contributed by atoms with van der Waals surface area (Å²) in [5.41, 5.74) is 1.18. The minimum absolute atomic E-state index is 0.0995. The number of hydrogen-bond donors (Lipinski definition) is 1. The van der Waals surface area contributed by atoms with Gasteiger partial charge in [-0.25, -0.2) is 0 Å². The molecule has 0 bridgehead atoms. The van der Waals surface area contributed by atoms with Gasteiger partial charge in [0.2, 0.25) is 11.7 Å². The van der Waals surface area contributed by atoms with Gasteiger partial charge >= 0.3 is 0 Å². The first-order valence-electron chi connectivity index (χ1n) is 6.80. The molecule has 0 unspecified atom stereocenters. The molecule has 6 nitrogen and oxygen atoms in total. The fraction of sp³-hybridized carbons (Fsp3) is 0.0667. The van der Waals surface area contributed by atoms with Crippen LogP contribution in [0.3, 0.4) is 0 Å². The molecule has 1 amide bonds. The molecular formula is C15H10Cl3N5O. The number of aromatic nitrogens is 4. The van der Waals surface area contributed by atoms with E-state index >= 15 is 0 Å². The number of carbonyl (C=O) groups excluding carboxylic acids is 1. The van der Waals surface area contributed by atoms with E-state index in [1.54, 1.807) is 36.4 Å². The molecule has 1 heterocycles. The zero-order valence-corrected chi connectivity index (χ0v) is 14.3. The molecular weight excluding hydrogens is 373 g/mol. The SMILES string of the molecule is O=C(Cn1nnc(-c2ccccc2Cl)n1)Nc1ccc(Cl)c(Cl)c1. The lowest BCUT2D eigenvalue weighted by Gasteiger charge is -2.05. The zero-order chi connectivity index (χ0) is 17.1. The molecule has 122 valence electrons. The summed E-state index contributed by atoms with van der Waals surface area (Å²) in [5, 5.41) is 15.9. The van der Waals surface area contributed by atoms with Gasteiger partial charge in [0.1, 0.15) is 6.54 Å². The van der Waals surface area contributed by atoms with Gasteiger partial charge in [0.05, 0.1) is 15.1 Å². The zero-order valence-electron chi connectivity index (χ0n) is 12.1. The topological polar surface area (TPSA) is 72.7 Å². The third-order valence-corrected chi connectivity index (χ3v) is 4.12. The average Bonchev–Trinajstić information content (AvgIpc) is 2.99. The van der Waals surface area contributed by atoms with Gasteiger partial charge in [0, 0.05) is 11.3 Å². The monoisotopic (exact) mass is 381 g/mol. The number of tetrazole rings is 1. The van der Waals surface area contributed by atoms with Crippen LogP contribution < -0.4 is 5.32 Å². The smallest absolute Gasteiger partial charge is 0.248 e. The van der Waals surface area contributed by atoms with Gasteiger partial charge in [-0.05, 0) is 35.5 Å². The quantitative estimate of drug-likeness (QED) is 0.742. The number of nitrogens with one attached hydrogen (secondary N) is 1. The van der Waals surface area contributed by atoms with Crippen LogP contribution in [0.25, 0.3) is 11.4 Å². The summed E-state index contributed by atoms with van der Waals surface area (Å²) in [4.78, 5) is 13.2. The van der Waals surface area contributed by atoms with Crippen molar-refractivity contribution in [1.82, 2.24) is 20.2 Å². The van der Waals surface area contributed by atoms with Gasteiger partial charge in [0.25, 0.3) is 0 Å². The highest BCUT2D eigenvalue weighted by atomic mass is 35.5. The van der Waals surface area contributed by atoms with E-state index in [9.17, 15) is 4.79 Å². The molecule has 0 atom stereocenters. The van der Waals surface area contributed by atoms with Crippen LogP contribution in [0.5, 0.6) is 0 Å². The largest absolute Gasteiger partial charge is 0.324 e. The molecule has 0 saturated heterocycles. The van der Waals surface area contributed by atoms with Crippen LogP contribution in [0.2, 0.25) is 15.1 Å². The third kappa shape index (κ3) is 3.84. The Morgan fingerprint density at radius 3 is 2.58 bits per heavy atom. The molecule has 0 fully saturated rings. The summed E-state index contributed by atoms with van der Waals surface area (Å²) >= 11 is 17.8. The Bertz CT molecular complexity index is 896. The van der Waals surface area contributed by atoms with Crippen molar-refractivity contribution in [2.45, 2.75) is 6.54 Å². The molecule has 24 heavy (non-hydrogen) atoms. The standard InChI is InChI=1S/C15H10Cl3N5O/c16-11-4-2-1-3-10(11)15-20-22-23(21-15)8-14(24)19-9-5-6-12(17)13(18)7-9/h1-7H,8H2,(H,19,24). The van der Waals surface area contributed by atoms with Crippen LogP contribution >= 0.6 is 34.8 Å². The summed E-state index contributed by atoms with van der Waals surface area (Å²) < 4.78 is 0. The molecule has 1 aromatic heterocycles. The number of halogens is 3. The van der Waals surface area contributed by atoms with E-state index in [4.69, 9.17) is 34.8 Å². The maximum absolute atomic E-state index is 12.0. The molecule has 3 rings (SSSR count). The van der Waals surface area contributed by atoms with Gasteiger partial charge < -0.3 is 5.32 Å². The first kappa shape index (κ1) is 16.7. The first-order valence-corrected chi connectivity index (χ1v) is 7.94. The number of benzene rings is 2. The predicted molar refractivity (Wildman–Crippen MR) is 93.4 cm³/mol. The second-order valence-electron chi connectivity index (χ2n) is 4.80. The number of amides is 1. The average molecular weight is 383 g/mol. The van der Waals surface area contributed by atoms with Crippen LogP contribution in [0.15, 0.2) is 42.5 Å². The van der Waals surface area contributed by atoms with Gasteiger partial charge in [-0.15, -0.1) is 10.2 Å². The highest BCUT2D eigenvalue weighted by molar-refractivity contribution is 6.42. The van der Waals surface area contributed by atoms with Crippen LogP contribution in [0.1, 0.15) is 0 Å². The van der Waals surface area contributed by atoms with Crippen LogP contribution in [0.4, 0.5) is 5.69 Å². The maximum atomic E-state index is 12.0. The van der Waals surface area contributed by atoms with Crippen LogP contribution in [0, 0.1) is 0 Å². The van der Waals surface area contributed by atoms with E-state index in [1.807, 2.05) is 6.07 Å². The molecule has 0 aliphatic heterocycles. The highest BCUT2D eigenvalue weighted by Gasteiger charge is 2.12. The van der Waals surface area contributed by atoms with Crippen molar-refractivity contribution in [2.24, 2.45) is 0 Å². The van der Waals surface area contributed by atoms with E-state index in [0.29, 0.717) is 32.1 Å². The Labute approximate surface area is 152 Å².